The third kappa shape index (κ3) is 6.68. The monoisotopic (exact) mass is 766 g/mol. The lowest BCUT2D eigenvalue weighted by Crippen LogP contribution is -2.51. The molecule has 57 heavy (non-hydrogen) atoms. The number of pyridine rings is 1. The van der Waals surface area contributed by atoms with Crippen LogP contribution in [0.2, 0.25) is 0 Å². The van der Waals surface area contributed by atoms with Gasteiger partial charge in [0, 0.05) is 37.3 Å². The largest absolute Gasteiger partial charge is 0.453 e. The normalized spacial score (nSPS) is 23.7. The molecular formula is C45H50N8O4. The molecule has 1 saturated heterocycles. The maximum Gasteiger partial charge on any atom is 0.407 e. The number of carbonyl (C=O) groups excluding carboxylic acids is 3. The van der Waals surface area contributed by atoms with Gasteiger partial charge in [0.2, 0.25) is 11.8 Å². The van der Waals surface area contributed by atoms with Gasteiger partial charge in [-0.3, -0.25) is 14.6 Å². The van der Waals surface area contributed by atoms with Gasteiger partial charge < -0.3 is 30.2 Å². The van der Waals surface area contributed by atoms with Crippen LogP contribution in [0.5, 0.6) is 0 Å². The van der Waals surface area contributed by atoms with Crippen LogP contribution in [0.3, 0.4) is 0 Å². The number of imidazole rings is 2. The van der Waals surface area contributed by atoms with Gasteiger partial charge in [-0.1, -0.05) is 51.1 Å². The fourth-order valence-electron chi connectivity index (χ4n) is 10.2. The Morgan fingerprint density at radius 1 is 0.895 bits per heavy atom. The van der Waals surface area contributed by atoms with E-state index < -0.39 is 12.1 Å². The predicted octanol–water partition coefficient (Wildman–Crippen LogP) is 7.48. The Kier molecular flexibility index (Phi) is 9.66. The molecule has 2 saturated carbocycles. The highest BCUT2D eigenvalue weighted by molar-refractivity contribution is 5.87. The fourth-order valence-corrected chi connectivity index (χ4v) is 10.2. The van der Waals surface area contributed by atoms with E-state index in [1.54, 1.807) is 12.4 Å². The molecule has 3 aromatic heterocycles. The Bertz CT molecular complexity index is 2320. The Morgan fingerprint density at radius 2 is 1.58 bits per heavy atom. The first kappa shape index (κ1) is 36.8. The Morgan fingerprint density at radius 3 is 2.25 bits per heavy atom. The maximum atomic E-state index is 13.7. The molecule has 294 valence electrons. The summed E-state index contributed by atoms with van der Waals surface area (Å²) >= 11 is 0. The average Bonchev–Trinajstić information content (AvgIpc) is 4.10. The molecule has 7 atom stereocenters. The van der Waals surface area contributed by atoms with Crippen molar-refractivity contribution in [1.82, 2.24) is 40.5 Å². The van der Waals surface area contributed by atoms with Crippen LogP contribution < -0.4 is 10.6 Å². The molecule has 3 fully saturated rings. The van der Waals surface area contributed by atoms with Gasteiger partial charge in [-0.25, -0.2) is 14.8 Å². The van der Waals surface area contributed by atoms with E-state index in [-0.39, 0.29) is 41.5 Å². The number of fused-ring (bicyclic) bond motifs is 5. The second-order valence-electron chi connectivity index (χ2n) is 16.7. The zero-order chi connectivity index (χ0) is 39.4. The van der Waals surface area contributed by atoms with Gasteiger partial charge in [0.15, 0.2) is 0 Å². The number of H-pyrrole nitrogens is 2. The average molecular weight is 767 g/mol. The zero-order valence-corrected chi connectivity index (χ0v) is 32.9. The van der Waals surface area contributed by atoms with E-state index in [1.165, 1.54) is 29.4 Å². The highest BCUT2D eigenvalue weighted by Crippen LogP contribution is 2.56. The molecule has 0 spiro atoms. The lowest BCUT2D eigenvalue weighted by molar-refractivity contribution is -0.135. The van der Waals surface area contributed by atoms with Gasteiger partial charge >= 0.3 is 6.09 Å². The van der Waals surface area contributed by atoms with E-state index in [0.29, 0.717) is 24.9 Å². The molecule has 9 rings (SSSR count). The van der Waals surface area contributed by atoms with E-state index in [0.717, 1.165) is 71.8 Å². The van der Waals surface area contributed by atoms with Crippen LogP contribution in [-0.2, 0) is 20.9 Å². The number of benzene rings is 2. The molecule has 12 nitrogen and oxygen atoms in total. The van der Waals surface area contributed by atoms with Crippen molar-refractivity contribution < 1.29 is 19.1 Å². The Balaban J connectivity index is 0.909. The van der Waals surface area contributed by atoms with Crippen LogP contribution in [0.4, 0.5) is 4.79 Å². The van der Waals surface area contributed by atoms with Crippen molar-refractivity contribution in [3.05, 3.63) is 102 Å². The van der Waals surface area contributed by atoms with E-state index in [1.807, 2.05) is 43.3 Å². The number of aromatic amines is 2. The first-order valence-corrected chi connectivity index (χ1v) is 20.4. The quantitative estimate of drug-likeness (QED) is 0.115. The minimum absolute atomic E-state index is 0.0822. The Labute approximate surface area is 332 Å². The van der Waals surface area contributed by atoms with Crippen LogP contribution in [0.15, 0.2) is 73.3 Å². The first-order valence-electron chi connectivity index (χ1n) is 20.4. The van der Waals surface area contributed by atoms with Crippen molar-refractivity contribution in [3.8, 4) is 33.6 Å². The minimum atomic E-state index is -0.681. The number of methoxy groups -OCH3 is 1. The smallest absolute Gasteiger partial charge is 0.407 e. The molecule has 2 bridgehead atoms. The number of aromatic nitrogens is 5. The van der Waals surface area contributed by atoms with Crippen LogP contribution in [0.25, 0.3) is 33.6 Å². The molecule has 3 amide bonds. The summed E-state index contributed by atoms with van der Waals surface area (Å²) in [4.78, 5) is 62.2. The zero-order valence-electron chi connectivity index (χ0n) is 32.9. The Hall–Kier alpha value is -5.78. The SMILES string of the molecule is COC(=O)NC(C(=O)N1CCCC1c1ncc(-c2ccc3c(c2)C(C)c2cc(-c4cnc([C@@H]5C6CCC(C6)C5C(=O)NCc5cccnc5)[nH]4)ccc2-3)[nH]1)C(C)C. The van der Waals surface area contributed by atoms with Gasteiger partial charge in [-0.2, -0.15) is 0 Å². The summed E-state index contributed by atoms with van der Waals surface area (Å²) in [5.74, 6) is 2.59. The van der Waals surface area contributed by atoms with Crippen LogP contribution in [0.1, 0.15) is 99.1 Å². The minimum Gasteiger partial charge on any atom is -0.453 e. The fraction of sp³-hybridized carbons (Fsp3) is 0.422. The first-order chi connectivity index (χ1) is 27.7. The van der Waals surface area contributed by atoms with Crippen molar-refractivity contribution in [2.75, 3.05) is 13.7 Å². The molecule has 6 unspecified atom stereocenters. The van der Waals surface area contributed by atoms with Crippen molar-refractivity contribution in [1.29, 1.82) is 0 Å². The maximum absolute atomic E-state index is 13.7. The predicted molar refractivity (Wildman–Crippen MR) is 216 cm³/mol. The summed E-state index contributed by atoms with van der Waals surface area (Å²) in [7, 11) is 1.30. The third-order valence-electron chi connectivity index (χ3n) is 13.1. The van der Waals surface area contributed by atoms with Crippen molar-refractivity contribution in [2.24, 2.45) is 23.7 Å². The van der Waals surface area contributed by atoms with Crippen molar-refractivity contribution in [3.63, 3.8) is 0 Å². The second-order valence-corrected chi connectivity index (χ2v) is 16.7. The van der Waals surface area contributed by atoms with Gasteiger partial charge in [-0.05, 0) is 107 Å². The number of nitrogens with one attached hydrogen (secondary N) is 4. The third-order valence-corrected chi connectivity index (χ3v) is 13.1. The molecule has 1 aliphatic heterocycles. The highest BCUT2D eigenvalue weighted by Gasteiger charge is 2.52. The number of ether oxygens (including phenoxy) is 1. The lowest BCUT2D eigenvalue weighted by Gasteiger charge is -2.30. The van der Waals surface area contributed by atoms with E-state index >= 15 is 0 Å². The number of alkyl carbamates (subject to hydrolysis) is 1. The molecule has 5 aromatic rings. The van der Waals surface area contributed by atoms with Gasteiger partial charge in [0.1, 0.15) is 17.7 Å². The number of amides is 3. The summed E-state index contributed by atoms with van der Waals surface area (Å²) in [6.07, 6.45) is 11.7. The number of hydrogen-bond acceptors (Lipinski definition) is 7. The van der Waals surface area contributed by atoms with Crippen LogP contribution in [0, 0.1) is 23.7 Å². The van der Waals surface area contributed by atoms with E-state index in [9.17, 15) is 14.4 Å². The second kappa shape index (κ2) is 14.9. The summed E-state index contributed by atoms with van der Waals surface area (Å²) in [6.45, 7) is 7.18. The topological polar surface area (TPSA) is 158 Å². The highest BCUT2D eigenvalue weighted by atomic mass is 16.5. The molecule has 3 aliphatic carbocycles. The molecule has 4 N–H and O–H groups in total. The van der Waals surface area contributed by atoms with Crippen LogP contribution in [-0.4, -0.2) is 67.4 Å². The summed E-state index contributed by atoms with van der Waals surface area (Å²) in [5, 5.41) is 5.92. The van der Waals surface area contributed by atoms with E-state index in [2.05, 4.69) is 68.9 Å². The van der Waals surface area contributed by atoms with Crippen molar-refractivity contribution >= 4 is 17.9 Å². The molecule has 12 heteroatoms. The lowest BCUT2D eigenvalue weighted by atomic mass is 9.78. The molecular weight excluding hydrogens is 717 g/mol. The van der Waals surface area contributed by atoms with Gasteiger partial charge in [0.05, 0.1) is 42.9 Å². The number of likely N-dealkylation sites (tertiary alicyclic amines) is 1. The van der Waals surface area contributed by atoms with Crippen LogP contribution >= 0.6 is 0 Å². The van der Waals surface area contributed by atoms with E-state index in [4.69, 9.17) is 14.7 Å². The van der Waals surface area contributed by atoms with Gasteiger partial charge in [0.25, 0.3) is 0 Å². The van der Waals surface area contributed by atoms with Crippen molar-refractivity contribution in [2.45, 2.75) is 83.3 Å². The van der Waals surface area contributed by atoms with Gasteiger partial charge in [-0.15, -0.1) is 0 Å². The summed E-state index contributed by atoms with van der Waals surface area (Å²) in [6, 6.07) is 16.3. The number of nitrogens with zero attached hydrogens (tertiary/aromatic N) is 4. The molecule has 4 heterocycles. The molecule has 0 radical (unpaired) electrons. The summed E-state index contributed by atoms with van der Waals surface area (Å²) in [5.41, 5.74) is 9.99. The molecule has 4 aliphatic rings. The number of carbonyl (C=O) groups is 3. The number of rotatable bonds is 10. The molecule has 2 aromatic carbocycles. The summed E-state index contributed by atoms with van der Waals surface area (Å²) < 4.78 is 4.79. The standard InChI is InChI=1S/C45H50N8O4/c1-24(2)40(52-45(56)57-4)44(55)53-16-6-8-37(53)41-47-22-35(50-41)27-11-13-31-32-14-12-28(19-34(32)25(3)33(31)18-27)36-23-48-42(51-36)38-29-9-10-30(17-29)39(38)43(54)49-21-26-7-5-15-46-20-26/h5,7,11-15,18-20,22-25,29-30,37-40H,6,8-10,16-17,21H2,1-4H3,(H,47,50)(H,48,51)(H,49,54)(H,52,56)/t25?,29?,30?,37?,38-,39?,40?/m1/s1. The number of hydrogen-bond donors (Lipinski definition) is 4.